The molecule has 0 aliphatic rings. The van der Waals surface area contributed by atoms with E-state index in [9.17, 15) is 9.59 Å². The van der Waals surface area contributed by atoms with Crippen molar-refractivity contribution in [1.29, 1.82) is 0 Å². The van der Waals surface area contributed by atoms with Gasteiger partial charge in [0.05, 0.1) is 13.2 Å². The van der Waals surface area contributed by atoms with Crippen LogP contribution in [0, 0.1) is 12.8 Å². The standard InChI is InChI=1S/C23H25NO4/c1-4-27-22(25)21(23(26)28-5-2)20(16-12-10-15(3)11-13-16)18-14-24-19-9-7-6-8-17(18)19/h6-14,20-21,24H,4-5H2,1-3H3. The van der Waals surface area contributed by atoms with Crippen molar-refractivity contribution < 1.29 is 19.1 Å². The van der Waals surface area contributed by atoms with Gasteiger partial charge in [-0.15, -0.1) is 0 Å². The highest BCUT2D eigenvalue weighted by Crippen LogP contribution is 2.38. The van der Waals surface area contributed by atoms with Crippen LogP contribution < -0.4 is 0 Å². The number of aromatic nitrogens is 1. The lowest BCUT2D eigenvalue weighted by atomic mass is 9.80. The van der Waals surface area contributed by atoms with Crippen LogP contribution in [0.25, 0.3) is 10.9 Å². The SMILES string of the molecule is CCOC(=O)C(C(=O)OCC)C(c1ccc(C)cc1)c1c[nH]c2ccccc12. The molecule has 1 unspecified atom stereocenters. The van der Waals surface area contributed by atoms with Crippen molar-refractivity contribution in [1.82, 2.24) is 4.98 Å². The summed E-state index contributed by atoms with van der Waals surface area (Å²) < 4.78 is 10.5. The number of ether oxygens (including phenoxy) is 2. The number of carbonyl (C=O) groups is 2. The molecule has 0 aliphatic carbocycles. The van der Waals surface area contributed by atoms with Gasteiger partial charge in [-0.05, 0) is 38.0 Å². The summed E-state index contributed by atoms with van der Waals surface area (Å²) in [7, 11) is 0. The van der Waals surface area contributed by atoms with Gasteiger partial charge in [0.2, 0.25) is 0 Å². The Kier molecular flexibility index (Phi) is 6.14. The monoisotopic (exact) mass is 379 g/mol. The van der Waals surface area contributed by atoms with E-state index in [1.807, 2.05) is 61.7 Å². The molecule has 2 aromatic carbocycles. The largest absolute Gasteiger partial charge is 0.465 e. The number of H-pyrrole nitrogens is 1. The van der Waals surface area contributed by atoms with Gasteiger partial charge in [-0.3, -0.25) is 9.59 Å². The smallest absolute Gasteiger partial charge is 0.321 e. The maximum atomic E-state index is 12.8. The van der Waals surface area contributed by atoms with Crippen LogP contribution in [-0.2, 0) is 19.1 Å². The lowest BCUT2D eigenvalue weighted by Crippen LogP contribution is -2.34. The van der Waals surface area contributed by atoms with Gasteiger partial charge in [-0.2, -0.15) is 0 Å². The minimum absolute atomic E-state index is 0.198. The van der Waals surface area contributed by atoms with Gasteiger partial charge >= 0.3 is 11.9 Å². The van der Waals surface area contributed by atoms with Crippen molar-refractivity contribution in [3.8, 4) is 0 Å². The highest BCUT2D eigenvalue weighted by Gasteiger charge is 2.40. The summed E-state index contributed by atoms with van der Waals surface area (Å²) in [6, 6.07) is 15.7. The van der Waals surface area contributed by atoms with E-state index >= 15 is 0 Å². The first-order chi connectivity index (χ1) is 13.6. The van der Waals surface area contributed by atoms with Crippen molar-refractivity contribution >= 4 is 22.8 Å². The third-order valence-corrected chi connectivity index (χ3v) is 4.81. The number of aryl methyl sites for hydroxylation is 1. The Labute approximate surface area is 164 Å². The first kappa shape index (κ1) is 19.7. The molecule has 1 atom stereocenters. The molecule has 0 amide bonds. The van der Waals surface area contributed by atoms with Crippen molar-refractivity contribution in [2.45, 2.75) is 26.7 Å². The van der Waals surface area contributed by atoms with E-state index in [0.29, 0.717) is 0 Å². The van der Waals surface area contributed by atoms with Crippen LogP contribution in [0.3, 0.4) is 0 Å². The molecular formula is C23H25NO4. The van der Waals surface area contributed by atoms with Gasteiger partial charge in [0, 0.05) is 23.0 Å². The Hall–Kier alpha value is -3.08. The zero-order valence-electron chi connectivity index (χ0n) is 16.4. The number of nitrogens with one attached hydrogen (secondary N) is 1. The minimum Gasteiger partial charge on any atom is -0.465 e. The van der Waals surface area contributed by atoms with Crippen LogP contribution in [0.1, 0.15) is 36.5 Å². The second kappa shape index (κ2) is 8.74. The molecule has 0 bridgehead atoms. The van der Waals surface area contributed by atoms with Gasteiger partial charge in [-0.1, -0.05) is 48.0 Å². The van der Waals surface area contributed by atoms with E-state index in [4.69, 9.17) is 9.47 Å². The van der Waals surface area contributed by atoms with Crippen molar-refractivity contribution in [2.75, 3.05) is 13.2 Å². The summed E-state index contributed by atoms with van der Waals surface area (Å²) in [5.74, 6) is -2.75. The average Bonchev–Trinajstić information content (AvgIpc) is 3.11. The highest BCUT2D eigenvalue weighted by atomic mass is 16.6. The molecule has 3 rings (SSSR count). The highest BCUT2D eigenvalue weighted by molar-refractivity contribution is 5.98. The molecule has 1 N–H and O–H groups in total. The fourth-order valence-electron chi connectivity index (χ4n) is 3.51. The van der Waals surface area contributed by atoms with E-state index in [1.54, 1.807) is 13.8 Å². The molecule has 0 aliphatic heterocycles. The lowest BCUT2D eigenvalue weighted by Gasteiger charge is -2.25. The van der Waals surface area contributed by atoms with Crippen LogP contribution in [0.15, 0.2) is 54.7 Å². The van der Waals surface area contributed by atoms with Crippen molar-refractivity contribution in [3.63, 3.8) is 0 Å². The quantitative estimate of drug-likeness (QED) is 0.489. The molecule has 28 heavy (non-hydrogen) atoms. The zero-order chi connectivity index (χ0) is 20.1. The van der Waals surface area contributed by atoms with Crippen molar-refractivity contribution in [2.24, 2.45) is 5.92 Å². The molecular weight excluding hydrogens is 354 g/mol. The van der Waals surface area contributed by atoms with Crippen LogP contribution >= 0.6 is 0 Å². The second-order valence-corrected chi connectivity index (χ2v) is 6.66. The zero-order valence-corrected chi connectivity index (χ0v) is 16.4. The number of hydrogen-bond acceptors (Lipinski definition) is 4. The maximum Gasteiger partial charge on any atom is 0.321 e. The second-order valence-electron chi connectivity index (χ2n) is 6.66. The topological polar surface area (TPSA) is 68.4 Å². The van der Waals surface area contributed by atoms with Gasteiger partial charge in [0.1, 0.15) is 0 Å². The molecule has 3 aromatic rings. The third-order valence-electron chi connectivity index (χ3n) is 4.81. The predicted molar refractivity (Wildman–Crippen MR) is 108 cm³/mol. The molecule has 1 heterocycles. The summed E-state index contributed by atoms with van der Waals surface area (Å²) in [5.41, 5.74) is 3.78. The molecule has 0 spiro atoms. The van der Waals surface area contributed by atoms with Gasteiger partial charge < -0.3 is 14.5 Å². The number of aromatic amines is 1. The summed E-state index contributed by atoms with van der Waals surface area (Å²) in [4.78, 5) is 28.9. The van der Waals surface area contributed by atoms with Gasteiger partial charge in [0.25, 0.3) is 0 Å². The van der Waals surface area contributed by atoms with E-state index < -0.39 is 23.8 Å². The fraction of sp³-hybridized carbons (Fsp3) is 0.304. The summed E-state index contributed by atoms with van der Waals surface area (Å²) in [6.45, 7) is 5.85. The number of fused-ring (bicyclic) bond motifs is 1. The van der Waals surface area contributed by atoms with Crippen LogP contribution in [0.2, 0.25) is 0 Å². The van der Waals surface area contributed by atoms with Crippen molar-refractivity contribution in [3.05, 3.63) is 71.4 Å². The number of para-hydroxylation sites is 1. The molecule has 1 aromatic heterocycles. The molecule has 5 heteroatoms. The Balaban J connectivity index is 2.19. The number of carbonyl (C=O) groups excluding carboxylic acids is 2. The van der Waals surface area contributed by atoms with Crippen LogP contribution in [0.4, 0.5) is 0 Å². The van der Waals surface area contributed by atoms with E-state index in [-0.39, 0.29) is 13.2 Å². The van der Waals surface area contributed by atoms with E-state index in [2.05, 4.69) is 4.98 Å². The normalized spacial score (nSPS) is 12.1. The molecule has 0 saturated heterocycles. The maximum absolute atomic E-state index is 12.8. The average molecular weight is 379 g/mol. The number of rotatable bonds is 7. The fourth-order valence-corrected chi connectivity index (χ4v) is 3.51. The summed E-state index contributed by atoms with van der Waals surface area (Å²) >= 11 is 0. The Bertz CT molecular complexity index is 940. The van der Waals surface area contributed by atoms with Gasteiger partial charge in [0.15, 0.2) is 5.92 Å². The lowest BCUT2D eigenvalue weighted by molar-refractivity contribution is -0.162. The van der Waals surface area contributed by atoms with Crippen LogP contribution in [0.5, 0.6) is 0 Å². The van der Waals surface area contributed by atoms with E-state index in [0.717, 1.165) is 27.6 Å². The summed E-state index contributed by atoms with van der Waals surface area (Å²) in [6.07, 6.45) is 1.86. The third kappa shape index (κ3) is 3.93. The molecule has 146 valence electrons. The molecule has 0 saturated carbocycles. The molecule has 0 fully saturated rings. The molecule has 5 nitrogen and oxygen atoms in total. The minimum atomic E-state index is -1.08. The van der Waals surface area contributed by atoms with Gasteiger partial charge in [-0.25, -0.2) is 0 Å². The first-order valence-corrected chi connectivity index (χ1v) is 9.52. The number of esters is 2. The Morgan fingerprint density at radius 1 is 0.929 bits per heavy atom. The number of hydrogen-bond donors (Lipinski definition) is 1. The Morgan fingerprint density at radius 2 is 1.54 bits per heavy atom. The Morgan fingerprint density at radius 3 is 2.14 bits per heavy atom. The van der Waals surface area contributed by atoms with E-state index in [1.165, 1.54) is 0 Å². The summed E-state index contributed by atoms with van der Waals surface area (Å²) in [5, 5.41) is 0.965. The first-order valence-electron chi connectivity index (χ1n) is 9.52. The van der Waals surface area contributed by atoms with Crippen LogP contribution in [-0.4, -0.2) is 30.1 Å². The predicted octanol–water partition coefficient (Wildman–Crippen LogP) is 4.35. The number of benzene rings is 2. The molecule has 0 radical (unpaired) electrons.